The number of hydrogen-bond donors (Lipinski definition) is 1. The van der Waals surface area contributed by atoms with Gasteiger partial charge in [-0.2, -0.15) is 0 Å². The van der Waals surface area contributed by atoms with E-state index >= 15 is 0 Å². The summed E-state index contributed by atoms with van der Waals surface area (Å²) in [6.45, 7) is 6.10. The highest BCUT2D eigenvalue weighted by atomic mass is 31.2. The highest BCUT2D eigenvalue weighted by Gasteiger charge is 2.48. The van der Waals surface area contributed by atoms with Crippen LogP contribution in [0.15, 0.2) is 48.5 Å². The molecule has 8 heteroatoms. The van der Waals surface area contributed by atoms with Crippen molar-refractivity contribution in [1.29, 1.82) is 0 Å². The van der Waals surface area contributed by atoms with E-state index in [2.05, 4.69) is 43.4 Å². The Hall–Kier alpha value is -2.02. The normalized spacial score (nSPS) is 22.4. The number of hydrogen-bond acceptors (Lipinski definition) is 6. The lowest BCUT2D eigenvalue weighted by atomic mass is 9.73. The molecule has 2 aliphatic carbocycles. The van der Waals surface area contributed by atoms with Crippen molar-refractivity contribution in [3.05, 3.63) is 59.7 Å². The van der Waals surface area contributed by atoms with Crippen LogP contribution in [0.2, 0.25) is 0 Å². The van der Waals surface area contributed by atoms with Crippen LogP contribution in [-0.4, -0.2) is 50.8 Å². The van der Waals surface area contributed by atoms with Crippen LogP contribution in [0.1, 0.15) is 89.2 Å². The van der Waals surface area contributed by atoms with Gasteiger partial charge in [0.1, 0.15) is 12.2 Å². The summed E-state index contributed by atoms with van der Waals surface area (Å²) in [6, 6.07) is 16.6. The maximum atomic E-state index is 14.4. The van der Waals surface area contributed by atoms with Gasteiger partial charge in [0.15, 0.2) is 0 Å². The number of amides is 1. The molecule has 2 aromatic rings. The zero-order valence-electron chi connectivity index (χ0n) is 25.4. The quantitative estimate of drug-likeness (QED) is 0.158. The molecule has 0 aromatic heterocycles. The number of fused-ring (bicyclic) bond motifs is 4. The SMILES string of the molecule is CCCCOP(=O)(CCCCC1(C(=O)NCC2CCC3OCOC3C2)c2ccccc2-c2ccccc21)OCCCC. The Morgan fingerprint density at radius 3 is 2.14 bits per heavy atom. The molecule has 2 fully saturated rings. The summed E-state index contributed by atoms with van der Waals surface area (Å²) >= 11 is 0. The Morgan fingerprint density at radius 2 is 1.50 bits per heavy atom. The summed E-state index contributed by atoms with van der Waals surface area (Å²) in [7, 11) is -3.18. The maximum Gasteiger partial charge on any atom is 0.330 e. The van der Waals surface area contributed by atoms with Gasteiger partial charge in [0.25, 0.3) is 0 Å². The van der Waals surface area contributed by atoms with E-state index in [4.69, 9.17) is 18.5 Å². The number of rotatable bonds is 16. The van der Waals surface area contributed by atoms with Gasteiger partial charge < -0.3 is 23.8 Å². The highest BCUT2D eigenvalue weighted by Crippen LogP contribution is 2.53. The molecule has 3 unspecified atom stereocenters. The summed E-state index contributed by atoms with van der Waals surface area (Å²) in [6.07, 6.45) is 9.32. The molecule has 0 spiro atoms. The third-order valence-corrected chi connectivity index (χ3v) is 11.2. The first-order chi connectivity index (χ1) is 20.5. The van der Waals surface area contributed by atoms with Crippen LogP contribution in [0.25, 0.3) is 11.1 Å². The third-order valence-electron chi connectivity index (χ3n) is 9.21. The van der Waals surface area contributed by atoms with E-state index < -0.39 is 13.0 Å². The first-order valence-corrected chi connectivity index (χ1v) is 17.8. The second-order valence-corrected chi connectivity index (χ2v) is 14.3. The van der Waals surface area contributed by atoms with Crippen molar-refractivity contribution in [2.75, 3.05) is 32.7 Å². The number of carbonyl (C=O) groups is 1. The van der Waals surface area contributed by atoms with Gasteiger partial charge in [0.2, 0.25) is 5.91 Å². The molecule has 1 N–H and O–H groups in total. The Kier molecular flexibility index (Phi) is 10.9. The van der Waals surface area contributed by atoms with Crippen LogP contribution in [0.5, 0.6) is 0 Å². The summed E-state index contributed by atoms with van der Waals surface area (Å²) in [5.74, 6) is 0.416. The lowest BCUT2D eigenvalue weighted by molar-refractivity contribution is -0.125. The fraction of sp³-hybridized carbons (Fsp3) is 0.618. The first-order valence-electron chi connectivity index (χ1n) is 16.1. The van der Waals surface area contributed by atoms with Crippen LogP contribution in [0.4, 0.5) is 0 Å². The molecular weight excluding hydrogens is 549 g/mol. The minimum atomic E-state index is -3.18. The average Bonchev–Trinajstić information content (AvgIpc) is 3.60. The topological polar surface area (TPSA) is 83.1 Å². The molecule has 230 valence electrons. The lowest BCUT2D eigenvalue weighted by Crippen LogP contribution is -2.46. The second-order valence-electron chi connectivity index (χ2n) is 12.1. The summed E-state index contributed by atoms with van der Waals surface area (Å²) in [4.78, 5) is 14.4. The van der Waals surface area contributed by atoms with Gasteiger partial charge in [-0.05, 0) is 73.1 Å². The van der Waals surface area contributed by atoms with Crippen molar-refractivity contribution in [2.24, 2.45) is 5.92 Å². The van der Waals surface area contributed by atoms with Gasteiger partial charge in [-0.1, -0.05) is 81.6 Å². The molecule has 42 heavy (non-hydrogen) atoms. The summed E-state index contributed by atoms with van der Waals surface area (Å²) < 4.78 is 36.7. The van der Waals surface area contributed by atoms with Gasteiger partial charge in [-0.3, -0.25) is 9.36 Å². The minimum absolute atomic E-state index is 0.0483. The van der Waals surface area contributed by atoms with E-state index in [0.29, 0.717) is 51.5 Å². The van der Waals surface area contributed by atoms with E-state index in [1.807, 2.05) is 24.3 Å². The molecule has 7 nitrogen and oxygen atoms in total. The molecule has 2 aromatic carbocycles. The second kappa shape index (κ2) is 14.6. The van der Waals surface area contributed by atoms with Crippen LogP contribution in [0, 0.1) is 5.92 Å². The van der Waals surface area contributed by atoms with Crippen molar-refractivity contribution in [3.63, 3.8) is 0 Å². The van der Waals surface area contributed by atoms with E-state index in [1.54, 1.807) is 0 Å². The predicted octanol–water partition coefficient (Wildman–Crippen LogP) is 7.61. The fourth-order valence-electron chi connectivity index (χ4n) is 6.85. The molecule has 1 saturated heterocycles. The van der Waals surface area contributed by atoms with Crippen LogP contribution in [0.3, 0.4) is 0 Å². The summed E-state index contributed by atoms with van der Waals surface area (Å²) in [5.41, 5.74) is 3.56. The van der Waals surface area contributed by atoms with Crippen LogP contribution < -0.4 is 5.32 Å². The molecule has 1 heterocycles. The lowest BCUT2D eigenvalue weighted by Gasteiger charge is -2.33. The highest BCUT2D eigenvalue weighted by molar-refractivity contribution is 7.53. The first kappa shape index (κ1) is 31.4. The van der Waals surface area contributed by atoms with Gasteiger partial charge in [0, 0.05) is 6.54 Å². The monoisotopic (exact) mass is 597 g/mol. The zero-order chi connectivity index (χ0) is 29.4. The van der Waals surface area contributed by atoms with Gasteiger partial charge >= 0.3 is 7.60 Å². The van der Waals surface area contributed by atoms with Crippen LogP contribution in [-0.2, 0) is 33.3 Å². The van der Waals surface area contributed by atoms with Gasteiger partial charge in [-0.15, -0.1) is 0 Å². The zero-order valence-corrected chi connectivity index (χ0v) is 26.2. The van der Waals surface area contributed by atoms with Crippen molar-refractivity contribution in [3.8, 4) is 11.1 Å². The molecule has 3 aliphatic rings. The number of unbranched alkanes of at least 4 members (excludes halogenated alkanes) is 3. The minimum Gasteiger partial charge on any atom is -0.355 e. The Bertz CT molecular complexity index is 1170. The smallest absolute Gasteiger partial charge is 0.330 e. The van der Waals surface area contributed by atoms with E-state index in [9.17, 15) is 9.36 Å². The van der Waals surface area contributed by atoms with Gasteiger partial charge in [-0.25, -0.2) is 0 Å². The largest absolute Gasteiger partial charge is 0.355 e. The standard InChI is InChI=1S/C34H48NO6P/c1-3-5-20-40-42(37,41-21-6-4-2)22-12-11-19-34(29-15-9-7-13-27(29)28-14-8-10-16-30(28)34)33(36)35-24-26-17-18-31-32(23-26)39-25-38-31/h7-10,13-16,26,31-32H,3-6,11-12,17-25H2,1-2H3,(H,35,36). The number of benzene rings is 2. The van der Waals surface area contributed by atoms with Crippen molar-refractivity contribution < 1.29 is 27.9 Å². The average molecular weight is 598 g/mol. The van der Waals surface area contributed by atoms with Crippen molar-refractivity contribution >= 4 is 13.5 Å². The van der Waals surface area contributed by atoms with Gasteiger partial charge in [0.05, 0.1) is 31.6 Å². The molecule has 3 atom stereocenters. The van der Waals surface area contributed by atoms with E-state index in [1.165, 1.54) is 0 Å². The van der Waals surface area contributed by atoms with E-state index in [0.717, 1.165) is 73.6 Å². The Balaban J connectivity index is 1.32. The molecular formula is C34H48NO6P. The third kappa shape index (κ3) is 6.87. The predicted molar refractivity (Wildman–Crippen MR) is 166 cm³/mol. The molecule has 5 rings (SSSR count). The Morgan fingerprint density at radius 1 is 0.881 bits per heavy atom. The molecule has 1 aliphatic heterocycles. The molecule has 1 amide bonds. The fourth-order valence-corrected chi connectivity index (χ4v) is 8.61. The molecule has 1 saturated carbocycles. The van der Waals surface area contributed by atoms with E-state index in [-0.39, 0.29) is 18.1 Å². The number of carbonyl (C=O) groups excluding carboxylic acids is 1. The number of ether oxygens (including phenoxy) is 2. The van der Waals surface area contributed by atoms with Crippen molar-refractivity contribution in [1.82, 2.24) is 5.32 Å². The van der Waals surface area contributed by atoms with Crippen LogP contribution >= 0.6 is 7.60 Å². The Labute approximate surface area is 251 Å². The summed E-state index contributed by atoms with van der Waals surface area (Å²) in [5, 5.41) is 3.38. The maximum absolute atomic E-state index is 14.4. The molecule has 0 bridgehead atoms. The molecule has 0 radical (unpaired) electrons. The number of nitrogens with one attached hydrogen (secondary N) is 1. The van der Waals surface area contributed by atoms with Crippen molar-refractivity contribution in [2.45, 2.75) is 95.7 Å².